The van der Waals surface area contributed by atoms with Gasteiger partial charge in [0.05, 0.1) is 26.9 Å². The molecule has 2 rings (SSSR count). The normalized spacial score (nSPS) is 24.2. The first-order chi connectivity index (χ1) is 12.4. The number of rotatable bonds is 10. The van der Waals surface area contributed by atoms with Crippen LogP contribution in [0.3, 0.4) is 0 Å². The quantitative estimate of drug-likeness (QED) is 0.598. The van der Waals surface area contributed by atoms with Gasteiger partial charge in [-0.05, 0) is 30.6 Å². The van der Waals surface area contributed by atoms with Crippen molar-refractivity contribution in [1.82, 2.24) is 0 Å². The van der Waals surface area contributed by atoms with Gasteiger partial charge in [-0.3, -0.25) is 0 Å². The van der Waals surface area contributed by atoms with E-state index in [1.54, 1.807) is 0 Å². The Kier molecular flexibility index (Phi) is 8.10. The molecule has 0 aromatic heterocycles. The Balaban J connectivity index is 1.97. The second kappa shape index (κ2) is 9.65. The van der Waals surface area contributed by atoms with Gasteiger partial charge in [-0.15, -0.1) is 0 Å². The fraction of sp³-hybridized carbons (Fsp3) is 0.714. The van der Waals surface area contributed by atoms with Crippen LogP contribution in [-0.2, 0) is 9.16 Å². The Bertz CT molecular complexity index is 523. The van der Waals surface area contributed by atoms with Gasteiger partial charge in [0.2, 0.25) is 0 Å². The Labute approximate surface area is 162 Å². The summed E-state index contributed by atoms with van der Waals surface area (Å²) in [7, 11) is -3.13. The summed E-state index contributed by atoms with van der Waals surface area (Å²) in [5.74, 6) is 0.211. The summed E-state index contributed by atoms with van der Waals surface area (Å²) < 4.78 is 12.5. The smallest absolute Gasteiger partial charge is 0.191 e. The summed E-state index contributed by atoms with van der Waals surface area (Å²) in [5.41, 5.74) is 0. The van der Waals surface area contributed by atoms with Crippen LogP contribution < -0.4 is 5.19 Å². The Morgan fingerprint density at radius 1 is 1.08 bits per heavy atom. The molecular formula is C21H38O3Si2. The number of benzene rings is 1. The first-order valence-corrected chi connectivity index (χ1v) is 16.1. The molecule has 1 N–H and O–H groups in total. The van der Waals surface area contributed by atoms with Crippen LogP contribution in [0.4, 0.5) is 0 Å². The van der Waals surface area contributed by atoms with Crippen molar-refractivity contribution in [3.8, 4) is 0 Å². The van der Waals surface area contributed by atoms with Gasteiger partial charge in [-0.25, -0.2) is 0 Å². The number of aliphatic hydroxyl groups excluding tert-OH is 1. The Morgan fingerprint density at radius 2 is 1.69 bits per heavy atom. The van der Waals surface area contributed by atoms with Crippen LogP contribution in [0.2, 0.25) is 37.3 Å². The average Bonchev–Trinajstić information content (AvgIpc) is 2.99. The van der Waals surface area contributed by atoms with Crippen molar-refractivity contribution in [3.63, 3.8) is 0 Å². The summed E-state index contributed by atoms with van der Waals surface area (Å²) in [4.78, 5) is 0. The van der Waals surface area contributed by atoms with E-state index in [0.29, 0.717) is 6.61 Å². The highest BCUT2D eigenvalue weighted by Crippen LogP contribution is 2.32. The number of hydrogen-bond donors (Lipinski definition) is 1. The van der Waals surface area contributed by atoms with Crippen LogP contribution in [0.15, 0.2) is 30.3 Å². The van der Waals surface area contributed by atoms with Gasteiger partial charge in [0.15, 0.2) is 8.32 Å². The highest BCUT2D eigenvalue weighted by molar-refractivity contribution is 6.89. The molecule has 1 aliphatic rings. The molecule has 26 heavy (non-hydrogen) atoms. The van der Waals surface area contributed by atoms with Gasteiger partial charge in [0.25, 0.3) is 0 Å². The fourth-order valence-electron chi connectivity index (χ4n) is 4.28. The molecular weight excluding hydrogens is 356 g/mol. The van der Waals surface area contributed by atoms with Crippen molar-refractivity contribution >= 4 is 21.6 Å². The van der Waals surface area contributed by atoms with Crippen molar-refractivity contribution in [2.75, 3.05) is 13.2 Å². The lowest BCUT2D eigenvalue weighted by Gasteiger charge is -2.31. The van der Waals surface area contributed by atoms with Crippen molar-refractivity contribution in [1.29, 1.82) is 0 Å². The largest absolute Gasteiger partial charge is 0.417 e. The lowest BCUT2D eigenvalue weighted by Crippen LogP contribution is -2.45. The number of hydrogen-bond acceptors (Lipinski definition) is 3. The molecule has 1 fully saturated rings. The molecule has 0 spiro atoms. The van der Waals surface area contributed by atoms with Gasteiger partial charge < -0.3 is 14.3 Å². The van der Waals surface area contributed by atoms with E-state index in [1.165, 1.54) is 23.3 Å². The zero-order valence-corrected chi connectivity index (χ0v) is 19.3. The van der Waals surface area contributed by atoms with Crippen molar-refractivity contribution in [2.24, 2.45) is 5.92 Å². The molecule has 1 aliphatic heterocycles. The van der Waals surface area contributed by atoms with E-state index in [-0.39, 0.29) is 18.1 Å². The predicted octanol–water partition coefficient (Wildman–Crippen LogP) is 4.39. The second-order valence-corrected chi connectivity index (χ2v) is 18.0. The summed E-state index contributed by atoms with van der Waals surface area (Å²) in [6, 6.07) is 15.4. The minimum atomic E-state index is -1.58. The minimum absolute atomic E-state index is 0.163. The van der Waals surface area contributed by atoms with E-state index < -0.39 is 16.4 Å². The molecule has 1 heterocycles. The van der Waals surface area contributed by atoms with Gasteiger partial charge in [0.1, 0.15) is 0 Å². The van der Waals surface area contributed by atoms with E-state index in [1.807, 2.05) is 0 Å². The number of aliphatic hydroxyl groups is 1. The third-order valence-corrected chi connectivity index (χ3v) is 14.5. The summed E-state index contributed by atoms with van der Waals surface area (Å²) >= 11 is 0. The van der Waals surface area contributed by atoms with Crippen LogP contribution in [0, 0.1) is 5.92 Å². The topological polar surface area (TPSA) is 38.7 Å². The van der Waals surface area contributed by atoms with Crippen LogP contribution in [0.25, 0.3) is 0 Å². The molecule has 3 atom stereocenters. The van der Waals surface area contributed by atoms with Gasteiger partial charge >= 0.3 is 0 Å². The van der Waals surface area contributed by atoms with E-state index in [9.17, 15) is 5.11 Å². The molecule has 0 saturated carbocycles. The highest BCUT2D eigenvalue weighted by Gasteiger charge is 2.40. The van der Waals surface area contributed by atoms with Gasteiger partial charge in [0, 0.05) is 12.5 Å². The summed E-state index contributed by atoms with van der Waals surface area (Å²) in [6.07, 6.45) is 0.737. The third kappa shape index (κ3) is 5.29. The van der Waals surface area contributed by atoms with Crippen LogP contribution in [0.1, 0.15) is 27.2 Å². The van der Waals surface area contributed by atoms with Crippen molar-refractivity contribution in [3.05, 3.63) is 30.3 Å². The minimum Gasteiger partial charge on any atom is -0.417 e. The molecule has 0 aliphatic carbocycles. The summed E-state index contributed by atoms with van der Waals surface area (Å²) in [6.45, 7) is 12.9. The predicted molar refractivity (Wildman–Crippen MR) is 115 cm³/mol. The molecule has 1 aromatic rings. The Hall–Kier alpha value is -0.466. The molecule has 1 aromatic carbocycles. The second-order valence-electron chi connectivity index (χ2n) is 8.44. The molecule has 5 heteroatoms. The molecule has 148 valence electrons. The molecule has 0 radical (unpaired) electrons. The fourth-order valence-corrected chi connectivity index (χ4v) is 9.70. The molecule has 3 nitrogen and oxygen atoms in total. The van der Waals surface area contributed by atoms with Crippen LogP contribution >= 0.6 is 0 Å². The standard InChI is InChI=1S/C21H38O3Si2/c1-6-26(7-2,8-3)24-15-14-19-20(22)16-23-21(19)17-25(4,5)18-12-10-9-11-13-18/h9-13,19-22H,6-8,14-17H2,1-5H3/t19-,20-,21+/m1/s1. The maximum absolute atomic E-state index is 10.5. The maximum Gasteiger partial charge on any atom is 0.191 e. The Morgan fingerprint density at radius 3 is 2.27 bits per heavy atom. The first-order valence-electron chi connectivity index (χ1n) is 10.4. The molecule has 0 amide bonds. The zero-order valence-electron chi connectivity index (χ0n) is 17.3. The van der Waals surface area contributed by atoms with E-state index in [0.717, 1.165) is 19.1 Å². The monoisotopic (exact) mass is 394 g/mol. The van der Waals surface area contributed by atoms with Crippen LogP contribution in [0.5, 0.6) is 0 Å². The summed E-state index contributed by atoms with van der Waals surface area (Å²) in [5, 5.41) is 11.9. The lowest BCUT2D eigenvalue weighted by molar-refractivity contribution is 0.0946. The van der Waals surface area contributed by atoms with E-state index >= 15 is 0 Å². The van der Waals surface area contributed by atoms with Crippen molar-refractivity contribution in [2.45, 2.75) is 76.7 Å². The first kappa shape index (κ1) is 21.8. The van der Waals surface area contributed by atoms with Crippen molar-refractivity contribution < 1.29 is 14.3 Å². The molecule has 0 unspecified atom stereocenters. The van der Waals surface area contributed by atoms with Gasteiger partial charge in [-0.2, -0.15) is 0 Å². The third-order valence-electron chi connectivity index (χ3n) is 6.51. The van der Waals surface area contributed by atoms with Gasteiger partial charge in [-0.1, -0.05) is 69.4 Å². The number of ether oxygens (including phenoxy) is 1. The SMILES string of the molecule is CC[Si](CC)(CC)OCC[C@@H]1[C@H](O)CO[C@H]1C[Si](C)(C)c1ccccc1. The lowest BCUT2D eigenvalue weighted by atomic mass is 9.97. The van der Waals surface area contributed by atoms with Crippen LogP contribution in [-0.4, -0.2) is 46.9 Å². The van der Waals surface area contributed by atoms with E-state index in [2.05, 4.69) is 64.2 Å². The highest BCUT2D eigenvalue weighted by atomic mass is 28.4. The average molecular weight is 395 g/mol. The molecule has 1 saturated heterocycles. The molecule has 0 bridgehead atoms. The van der Waals surface area contributed by atoms with E-state index in [4.69, 9.17) is 9.16 Å². The zero-order chi connectivity index (χ0) is 19.2. The maximum atomic E-state index is 10.5.